The summed E-state index contributed by atoms with van der Waals surface area (Å²) < 4.78 is 0. The maximum Gasteiger partial charge on any atom is 0.270 e. The Labute approximate surface area is 108 Å². The number of amides is 1. The van der Waals surface area contributed by atoms with Crippen molar-refractivity contribution >= 4 is 5.91 Å². The average Bonchev–Trinajstić information content (AvgIpc) is 3.11. The zero-order valence-electron chi connectivity index (χ0n) is 10.7. The van der Waals surface area contributed by atoms with Gasteiger partial charge in [0.05, 0.1) is 0 Å². The Balaban J connectivity index is 1.55. The first-order valence-corrected chi connectivity index (χ1v) is 7.00. The second-order valence-electron chi connectivity index (χ2n) is 5.42. The number of nitrogens with zero attached hydrogens (tertiary/aromatic N) is 1. The lowest BCUT2D eigenvalue weighted by Gasteiger charge is -2.34. The normalized spacial score (nSPS) is 25.6. The lowest BCUT2D eigenvalue weighted by Crippen LogP contribution is -2.43. The third-order valence-electron chi connectivity index (χ3n) is 4.32. The van der Waals surface area contributed by atoms with Gasteiger partial charge in [-0.2, -0.15) is 0 Å². The molecule has 2 fully saturated rings. The molecule has 18 heavy (non-hydrogen) atoms. The molecule has 1 aromatic rings. The lowest BCUT2D eigenvalue weighted by molar-refractivity contribution is 0.0669. The van der Waals surface area contributed by atoms with Gasteiger partial charge in [0, 0.05) is 25.3 Å². The van der Waals surface area contributed by atoms with Crippen molar-refractivity contribution in [2.24, 2.45) is 5.92 Å². The van der Waals surface area contributed by atoms with Crippen LogP contribution >= 0.6 is 0 Å². The van der Waals surface area contributed by atoms with Crippen LogP contribution in [0, 0.1) is 5.92 Å². The molecule has 2 N–H and O–H groups in total. The van der Waals surface area contributed by atoms with Gasteiger partial charge < -0.3 is 15.2 Å². The van der Waals surface area contributed by atoms with Gasteiger partial charge in [0.25, 0.3) is 5.91 Å². The predicted molar refractivity (Wildman–Crippen MR) is 70.4 cm³/mol. The number of likely N-dealkylation sites (tertiary alicyclic amines) is 1. The molecule has 3 heterocycles. The summed E-state index contributed by atoms with van der Waals surface area (Å²) in [7, 11) is 0. The molecule has 98 valence electrons. The van der Waals surface area contributed by atoms with Crippen LogP contribution < -0.4 is 5.32 Å². The molecule has 0 saturated carbocycles. The molecular formula is C14H21N3O. The molecule has 0 aliphatic carbocycles. The maximum atomic E-state index is 12.2. The molecule has 0 aromatic carbocycles. The monoisotopic (exact) mass is 247 g/mol. The van der Waals surface area contributed by atoms with E-state index in [-0.39, 0.29) is 5.91 Å². The molecular weight excluding hydrogens is 226 g/mol. The first-order chi connectivity index (χ1) is 8.84. The zero-order chi connectivity index (χ0) is 12.4. The van der Waals surface area contributed by atoms with Crippen molar-refractivity contribution in [3.05, 3.63) is 24.0 Å². The van der Waals surface area contributed by atoms with Crippen molar-refractivity contribution in [3.8, 4) is 0 Å². The molecule has 1 amide bonds. The summed E-state index contributed by atoms with van der Waals surface area (Å²) >= 11 is 0. The summed E-state index contributed by atoms with van der Waals surface area (Å²) in [6, 6.07) is 4.43. The number of carbonyl (C=O) groups is 1. The minimum Gasteiger partial charge on any atom is -0.357 e. The van der Waals surface area contributed by atoms with Crippen LogP contribution in [-0.2, 0) is 0 Å². The van der Waals surface area contributed by atoms with Crippen molar-refractivity contribution < 1.29 is 4.79 Å². The Morgan fingerprint density at radius 2 is 2.11 bits per heavy atom. The van der Waals surface area contributed by atoms with Crippen LogP contribution in [-0.4, -0.2) is 41.5 Å². The van der Waals surface area contributed by atoms with Gasteiger partial charge in [0.15, 0.2) is 0 Å². The van der Waals surface area contributed by atoms with E-state index in [9.17, 15) is 4.79 Å². The molecule has 0 bridgehead atoms. The quantitative estimate of drug-likeness (QED) is 0.834. The molecule has 2 aliphatic heterocycles. The van der Waals surface area contributed by atoms with Crippen molar-refractivity contribution in [1.82, 2.24) is 15.2 Å². The van der Waals surface area contributed by atoms with E-state index in [1.54, 1.807) is 0 Å². The Kier molecular flexibility index (Phi) is 3.37. The average molecular weight is 247 g/mol. The van der Waals surface area contributed by atoms with E-state index in [0.717, 1.165) is 31.8 Å². The van der Waals surface area contributed by atoms with Crippen LogP contribution in [0.5, 0.6) is 0 Å². The number of hydrogen-bond acceptors (Lipinski definition) is 2. The van der Waals surface area contributed by atoms with E-state index in [1.807, 2.05) is 23.2 Å². The number of nitrogens with one attached hydrogen (secondary N) is 2. The summed E-state index contributed by atoms with van der Waals surface area (Å²) in [6.07, 6.45) is 6.72. The van der Waals surface area contributed by atoms with Crippen LogP contribution in [0.2, 0.25) is 0 Å². The van der Waals surface area contributed by atoms with Crippen LogP contribution in [0.25, 0.3) is 0 Å². The fourth-order valence-electron chi connectivity index (χ4n) is 3.25. The van der Waals surface area contributed by atoms with E-state index < -0.39 is 0 Å². The smallest absolute Gasteiger partial charge is 0.270 e. The molecule has 0 radical (unpaired) electrons. The van der Waals surface area contributed by atoms with Gasteiger partial charge in [-0.15, -0.1) is 0 Å². The Bertz CT molecular complexity index is 387. The molecule has 4 heteroatoms. The molecule has 1 atom stereocenters. The zero-order valence-corrected chi connectivity index (χ0v) is 10.7. The maximum absolute atomic E-state index is 12.2. The van der Waals surface area contributed by atoms with E-state index in [2.05, 4.69) is 10.3 Å². The molecule has 1 unspecified atom stereocenters. The highest BCUT2D eigenvalue weighted by molar-refractivity contribution is 5.92. The third-order valence-corrected chi connectivity index (χ3v) is 4.32. The van der Waals surface area contributed by atoms with Crippen molar-refractivity contribution in [2.45, 2.75) is 31.7 Å². The second-order valence-corrected chi connectivity index (χ2v) is 5.42. The van der Waals surface area contributed by atoms with Crippen LogP contribution in [0.1, 0.15) is 36.2 Å². The summed E-state index contributed by atoms with van der Waals surface area (Å²) in [5.74, 6) is 0.915. The van der Waals surface area contributed by atoms with Gasteiger partial charge in [-0.05, 0) is 50.3 Å². The van der Waals surface area contributed by atoms with Gasteiger partial charge in [0.1, 0.15) is 5.69 Å². The number of aromatic nitrogens is 1. The topological polar surface area (TPSA) is 48.1 Å². The summed E-state index contributed by atoms with van der Waals surface area (Å²) in [4.78, 5) is 17.1. The number of carbonyl (C=O) groups excluding carboxylic acids is 1. The minimum absolute atomic E-state index is 0.151. The van der Waals surface area contributed by atoms with Gasteiger partial charge >= 0.3 is 0 Å². The first kappa shape index (κ1) is 11.8. The molecule has 1 aromatic heterocycles. The van der Waals surface area contributed by atoms with Crippen molar-refractivity contribution in [3.63, 3.8) is 0 Å². The fraction of sp³-hybridized carbons (Fsp3) is 0.643. The van der Waals surface area contributed by atoms with Gasteiger partial charge in [-0.3, -0.25) is 4.79 Å². The first-order valence-electron chi connectivity index (χ1n) is 7.00. The van der Waals surface area contributed by atoms with Gasteiger partial charge in [0.2, 0.25) is 0 Å². The van der Waals surface area contributed by atoms with Crippen molar-refractivity contribution in [2.75, 3.05) is 19.6 Å². The Morgan fingerprint density at radius 1 is 1.28 bits per heavy atom. The molecule has 2 aliphatic rings. The number of hydrogen-bond donors (Lipinski definition) is 2. The summed E-state index contributed by atoms with van der Waals surface area (Å²) in [6.45, 7) is 2.98. The van der Waals surface area contributed by atoms with E-state index in [1.165, 1.54) is 19.4 Å². The van der Waals surface area contributed by atoms with Crippen molar-refractivity contribution in [1.29, 1.82) is 0 Å². The summed E-state index contributed by atoms with van der Waals surface area (Å²) in [5.41, 5.74) is 0.715. The molecule has 2 saturated heterocycles. The number of rotatable bonds is 2. The SMILES string of the molecule is O=C(c1ccc[nH]1)N1CCC(C2CCCN2)CC1. The van der Waals surface area contributed by atoms with Crippen LogP contribution in [0.15, 0.2) is 18.3 Å². The predicted octanol–water partition coefficient (Wildman–Crippen LogP) is 1.62. The standard InChI is InChI=1S/C14H21N3O/c18-14(13-4-2-8-16-13)17-9-5-11(6-10-17)12-3-1-7-15-12/h2,4,8,11-12,15-16H,1,3,5-7,9-10H2. The van der Waals surface area contributed by atoms with E-state index >= 15 is 0 Å². The number of aromatic amines is 1. The fourth-order valence-corrected chi connectivity index (χ4v) is 3.25. The van der Waals surface area contributed by atoms with Gasteiger partial charge in [-0.25, -0.2) is 0 Å². The summed E-state index contributed by atoms with van der Waals surface area (Å²) in [5, 5.41) is 3.59. The number of piperidine rings is 1. The minimum atomic E-state index is 0.151. The highest BCUT2D eigenvalue weighted by Crippen LogP contribution is 2.26. The van der Waals surface area contributed by atoms with E-state index in [4.69, 9.17) is 0 Å². The lowest BCUT2D eigenvalue weighted by atomic mass is 9.88. The third kappa shape index (κ3) is 2.29. The highest BCUT2D eigenvalue weighted by Gasteiger charge is 2.30. The Morgan fingerprint density at radius 3 is 2.72 bits per heavy atom. The largest absolute Gasteiger partial charge is 0.357 e. The van der Waals surface area contributed by atoms with Crippen LogP contribution in [0.4, 0.5) is 0 Å². The second kappa shape index (κ2) is 5.14. The highest BCUT2D eigenvalue weighted by atomic mass is 16.2. The molecule has 3 rings (SSSR count). The van der Waals surface area contributed by atoms with Crippen LogP contribution in [0.3, 0.4) is 0 Å². The number of H-pyrrole nitrogens is 1. The molecule has 0 spiro atoms. The van der Waals surface area contributed by atoms with E-state index in [0.29, 0.717) is 11.7 Å². The van der Waals surface area contributed by atoms with Gasteiger partial charge in [-0.1, -0.05) is 0 Å². The Hall–Kier alpha value is -1.29. The molecule has 4 nitrogen and oxygen atoms in total.